The normalized spacial score (nSPS) is 16.2. The lowest BCUT2D eigenvalue weighted by Crippen LogP contribution is -2.19. The Morgan fingerprint density at radius 1 is 1.06 bits per heavy atom. The van der Waals surface area contributed by atoms with Crippen molar-refractivity contribution >= 4 is 88.2 Å². The van der Waals surface area contributed by atoms with Gasteiger partial charge in [-0.2, -0.15) is 8.42 Å². The molecule has 0 atom stereocenters. The number of amides is 1. The number of benzene rings is 3. The predicted molar refractivity (Wildman–Crippen MR) is 143 cm³/mol. The number of rotatable bonds is 5. The molecule has 3 aromatic carbocycles. The summed E-state index contributed by atoms with van der Waals surface area (Å²) in [4.78, 5) is 17.3. The summed E-state index contributed by atoms with van der Waals surface area (Å²) in [7, 11) is -4.11. The Morgan fingerprint density at radius 2 is 1.74 bits per heavy atom. The number of nitrogens with zero attached hydrogens (tertiary/aromatic N) is 1. The van der Waals surface area contributed by atoms with Crippen LogP contribution >= 0.6 is 55.2 Å². The van der Waals surface area contributed by atoms with Gasteiger partial charge in [0.1, 0.15) is 4.90 Å². The summed E-state index contributed by atoms with van der Waals surface area (Å²) >= 11 is 13.8. The Morgan fingerprint density at radius 3 is 2.41 bits per heavy atom. The van der Waals surface area contributed by atoms with Crippen LogP contribution in [-0.2, 0) is 14.9 Å². The van der Waals surface area contributed by atoms with Crippen LogP contribution in [0.4, 0.5) is 5.69 Å². The molecular formula is C23H15Br2ClN2O4S2. The van der Waals surface area contributed by atoms with E-state index in [1.54, 1.807) is 54.6 Å². The average Bonchev–Trinajstić information content (AvgIpc) is 3.11. The SMILES string of the molecule is Cc1ccc(S(=O)(=O)Oc2c(Br)cc(Br)cc2/C=C2\SC(=Nc3ccc(Cl)cc3)NC2=O)cc1. The van der Waals surface area contributed by atoms with Gasteiger partial charge in [0, 0.05) is 15.1 Å². The van der Waals surface area contributed by atoms with Crippen molar-refractivity contribution < 1.29 is 17.4 Å². The molecule has 1 aliphatic heterocycles. The quantitative estimate of drug-likeness (QED) is 0.244. The van der Waals surface area contributed by atoms with Crippen LogP contribution in [0.25, 0.3) is 6.08 Å². The lowest BCUT2D eigenvalue weighted by atomic mass is 10.2. The van der Waals surface area contributed by atoms with Gasteiger partial charge in [0.2, 0.25) is 0 Å². The first-order chi connectivity index (χ1) is 16.1. The third-order valence-corrected chi connectivity index (χ3v) is 7.98. The van der Waals surface area contributed by atoms with E-state index in [0.717, 1.165) is 17.3 Å². The fourth-order valence-corrected chi connectivity index (χ4v) is 6.27. The fourth-order valence-electron chi connectivity index (χ4n) is 2.89. The van der Waals surface area contributed by atoms with Crippen molar-refractivity contribution in [2.24, 2.45) is 4.99 Å². The van der Waals surface area contributed by atoms with E-state index in [0.29, 0.717) is 35.3 Å². The maximum atomic E-state index is 12.9. The predicted octanol–water partition coefficient (Wildman–Crippen LogP) is 6.83. The molecule has 3 aromatic rings. The smallest absolute Gasteiger partial charge is 0.339 e. The highest BCUT2D eigenvalue weighted by Gasteiger charge is 2.26. The molecule has 0 saturated carbocycles. The summed E-state index contributed by atoms with van der Waals surface area (Å²) in [5.74, 6) is -0.297. The highest BCUT2D eigenvalue weighted by atomic mass is 79.9. The second-order valence-corrected chi connectivity index (χ2v) is 11.9. The molecule has 6 nitrogen and oxygen atoms in total. The number of hydrogen-bond donors (Lipinski definition) is 1. The zero-order chi connectivity index (χ0) is 24.5. The summed E-state index contributed by atoms with van der Waals surface area (Å²) in [6.45, 7) is 1.86. The Bertz CT molecular complexity index is 1440. The first-order valence-corrected chi connectivity index (χ1v) is 13.8. The molecule has 11 heteroatoms. The third-order valence-electron chi connectivity index (χ3n) is 4.53. The molecule has 34 heavy (non-hydrogen) atoms. The van der Waals surface area contributed by atoms with Gasteiger partial charge in [-0.3, -0.25) is 4.79 Å². The van der Waals surface area contributed by atoms with Crippen LogP contribution in [-0.4, -0.2) is 19.5 Å². The zero-order valence-corrected chi connectivity index (χ0v) is 22.9. The van der Waals surface area contributed by atoms with Crippen molar-refractivity contribution in [2.45, 2.75) is 11.8 Å². The van der Waals surface area contributed by atoms with Crippen LogP contribution in [0.5, 0.6) is 5.75 Å². The van der Waals surface area contributed by atoms with Crippen molar-refractivity contribution in [1.29, 1.82) is 0 Å². The Labute approximate surface area is 222 Å². The minimum atomic E-state index is -4.11. The van der Waals surface area contributed by atoms with E-state index in [1.807, 2.05) is 6.92 Å². The molecule has 1 aliphatic rings. The Kier molecular flexibility index (Phi) is 7.54. The van der Waals surface area contributed by atoms with Crippen molar-refractivity contribution in [3.8, 4) is 5.75 Å². The van der Waals surface area contributed by atoms with Gasteiger partial charge in [0.05, 0.1) is 15.1 Å². The lowest BCUT2D eigenvalue weighted by molar-refractivity contribution is -0.115. The van der Waals surface area contributed by atoms with Crippen LogP contribution in [0, 0.1) is 6.92 Å². The topological polar surface area (TPSA) is 84.8 Å². The first kappa shape index (κ1) is 25.0. The van der Waals surface area contributed by atoms with Gasteiger partial charge in [-0.05, 0) is 89.2 Å². The number of aliphatic imine (C=N–C) groups is 1. The van der Waals surface area contributed by atoms with Crippen molar-refractivity contribution in [3.05, 3.63) is 90.7 Å². The highest BCUT2D eigenvalue weighted by molar-refractivity contribution is 9.11. The summed E-state index contributed by atoms with van der Waals surface area (Å²) in [5.41, 5.74) is 1.95. The van der Waals surface area contributed by atoms with Gasteiger partial charge in [-0.1, -0.05) is 45.2 Å². The van der Waals surface area contributed by atoms with E-state index in [9.17, 15) is 13.2 Å². The number of halogens is 3. The van der Waals surface area contributed by atoms with Gasteiger partial charge < -0.3 is 9.50 Å². The van der Waals surface area contributed by atoms with Gasteiger partial charge in [0.15, 0.2) is 10.9 Å². The average molecular weight is 643 g/mol. The molecule has 1 fully saturated rings. The summed E-state index contributed by atoms with van der Waals surface area (Å²) < 4.78 is 32.4. The van der Waals surface area contributed by atoms with Crippen molar-refractivity contribution in [2.75, 3.05) is 0 Å². The molecule has 0 aliphatic carbocycles. The number of carbonyl (C=O) groups is 1. The second-order valence-electron chi connectivity index (χ2n) is 7.11. The molecule has 174 valence electrons. The van der Waals surface area contributed by atoms with Crippen LogP contribution in [0.15, 0.2) is 84.4 Å². The van der Waals surface area contributed by atoms with Gasteiger partial charge >= 0.3 is 10.1 Å². The maximum absolute atomic E-state index is 12.9. The third kappa shape index (κ3) is 5.92. The number of thioether (sulfide) groups is 1. The number of amidine groups is 1. The first-order valence-electron chi connectivity index (χ1n) is 9.66. The summed E-state index contributed by atoms with van der Waals surface area (Å²) in [6.07, 6.45) is 1.56. The molecule has 0 aromatic heterocycles. The summed E-state index contributed by atoms with van der Waals surface area (Å²) in [5, 5.41) is 3.68. The van der Waals surface area contributed by atoms with Crippen molar-refractivity contribution in [1.82, 2.24) is 5.32 Å². The zero-order valence-electron chi connectivity index (χ0n) is 17.4. The largest absolute Gasteiger partial charge is 0.377 e. The molecule has 0 spiro atoms. The van der Waals surface area contributed by atoms with Gasteiger partial charge in [0.25, 0.3) is 5.91 Å². The number of hydrogen-bond acceptors (Lipinski definition) is 6. The number of nitrogens with one attached hydrogen (secondary N) is 1. The van der Waals surface area contributed by atoms with Crippen molar-refractivity contribution in [3.63, 3.8) is 0 Å². The fraction of sp³-hybridized carbons (Fsp3) is 0.0435. The van der Waals surface area contributed by atoms with Gasteiger partial charge in [-0.25, -0.2) is 4.99 Å². The molecule has 0 radical (unpaired) electrons. The van der Waals surface area contributed by atoms with E-state index in [4.69, 9.17) is 15.8 Å². The minimum Gasteiger partial charge on any atom is -0.377 e. The number of aryl methyl sites for hydroxylation is 1. The number of carbonyl (C=O) groups excluding carboxylic acids is 1. The molecule has 0 unspecified atom stereocenters. The van der Waals surface area contributed by atoms with Crippen LogP contribution < -0.4 is 9.50 Å². The summed E-state index contributed by atoms with van der Waals surface area (Å²) in [6, 6.07) is 16.6. The molecular weight excluding hydrogens is 628 g/mol. The molecule has 1 N–H and O–H groups in total. The van der Waals surface area contributed by atoms with Crippen LogP contribution in [0.1, 0.15) is 11.1 Å². The standard InChI is InChI=1S/C23H15Br2ClN2O4S2/c1-13-2-8-18(9-3-13)34(30,31)32-21-14(10-15(24)12-19(21)25)11-20-22(29)28-23(33-20)27-17-6-4-16(26)5-7-17/h2-12H,1H3,(H,27,28,29)/b20-11-. The molecule has 0 bridgehead atoms. The molecule has 1 heterocycles. The van der Waals surface area contributed by atoms with E-state index in [2.05, 4.69) is 42.2 Å². The highest BCUT2D eigenvalue weighted by Crippen LogP contribution is 2.38. The maximum Gasteiger partial charge on any atom is 0.339 e. The minimum absolute atomic E-state index is 0.0249. The van der Waals surface area contributed by atoms with Crippen LogP contribution in [0.2, 0.25) is 5.02 Å². The Balaban J connectivity index is 1.67. The van der Waals surface area contributed by atoms with E-state index in [-0.39, 0.29) is 16.6 Å². The monoisotopic (exact) mass is 640 g/mol. The lowest BCUT2D eigenvalue weighted by Gasteiger charge is -2.12. The Hall–Kier alpha value is -2.11. The van der Waals surface area contributed by atoms with E-state index < -0.39 is 10.1 Å². The van der Waals surface area contributed by atoms with E-state index >= 15 is 0 Å². The molecule has 1 saturated heterocycles. The molecule has 1 amide bonds. The van der Waals surface area contributed by atoms with Gasteiger partial charge in [-0.15, -0.1) is 0 Å². The van der Waals surface area contributed by atoms with Crippen LogP contribution in [0.3, 0.4) is 0 Å². The molecule has 4 rings (SSSR count). The second kappa shape index (κ2) is 10.2. The van der Waals surface area contributed by atoms with E-state index in [1.165, 1.54) is 12.1 Å².